The van der Waals surface area contributed by atoms with Crippen LogP contribution < -0.4 is 11.5 Å². The van der Waals surface area contributed by atoms with Crippen molar-refractivity contribution in [1.82, 2.24) is 0 Å². The Morgan fingerprint density at radius 2 is 1.76 bits per heavy atom. The molecule has 0 aromatic carbocycles. The van der Waals surface area contributed by atoms with Crippen LogP contribution in [-0.2, 0) is 9.59 Å². The number of primary amides is 2. The van der Waals surface area contributed by atoms with Crippen molar-refractivity contribution in [1.29, 1.82) is 0 Å². The van der Waals surface area contributed by atoms with E-state index in [2.05, 4.69) is 0 Å². The SMILES string of the molecule is CC1(C)[C@@H]2C=C[C@@]1(C)[C@](O)(C(N)=O)C2C(N)=O. The predicted molar refractivity (Wildman–Crippen MR) is 61.3 cm³/mol. The van der Waals surface area contributed by atoms with Gasteiger partial charge in [-0.2, -0.15) is 0 Å². The normalized spacial score (nSPS) is 46.1. The predicted octanol–water partition coefficient (Wildman–Crippen LogP) is -0.464. The van der Waals surface area contributed by atoms with Gasteiger partial charge in [-0.25, -0.2) is 0 Å². The Morgan fingerprint density at radius 1 is 1.24 bits per heavy atom. The van der Waals surface area contributed by atoms with E-state index >= 15 is 0 Å². The summed E-state index contributed by atoms with van der Waals surface area (Å²) in [5.41, 5.74) is 7.46. The standard InChI is InChI=1S/C12H18N2O3/c1-10(2)6-4-5-11(10,3)12(17,9(14)16)7(6)8(13)15/h4-7,17H,1-3H3,(H2,13,15)(H2,14,16)/t6-,7?,11-,12-/m1/s1. The molecule has 4 atom stereocenters. The third-order valence-corrected chi connectivity index (χ3v) is 5.09. The maximum atomic E-state index is 11.7. The van der Waals surface area contributed by atoms with E-state index in [1.807, 2.05) is 19.9 Å². The molecule has 0 aromatic rings. The number of fused-ring (bicyclic) bond motifs is 2. The van der Waals surface area contributed by atoms with Crippen LogP contribution in [0.5, 0.6) is 0 Å². The maximum absolute atomic E-state index is 11.7. The highest BCUT2D eigenvalue weighted by Crippen LogP contribution is 2.68. The third kappa shape index (κ3) is 0.989. The van der Waals surface area contributed by atoms with Gasteiger partial charge in [0.15, 0.2) is 5.60 Å². The van der Waals surface area contributed by atoms with Crippen molar-refractivity contribution in [3.63, 3.8) is 0 Å². The van der Waals surface area contributed by atoms with Crippen molar-refractivity contribution < 1.29 is 14.7 Å². The second kappa shape index (κ2) is 2.90. The van der Waals surface area contributed by atoms with E-state index < -0.39 is 34.2 Å². The number of allylic oxidation sites excluding steroid dienone is 1. The maximum Gasteiger partial charge on any atom is 0.251 e. The molecule has 94 valence electrons. The van der Waals surface area contributed by atoms with Crippen LogP contribution in [0.1, 0.15) is 20.8 Å². The molecule has 0 spiro atoms. The molecule has 1 saturated carbocycles. The highest BCUT2D eigenvalue weighted by Gasteiger charge is 2.75. The first-order valence-corrected chi connectivity index (χ1v) is 5.61. The summed E-state index contributed by atoms with van der Waals surface area (Å²) in [5.74, 6) is -2.78. The molecule has 0 aliphatic heterocycles. The second-order valence-corrected chi connectivity index (χ2v) is 5.82. The number of aliphatic hydroxyl groups is 1. The fraction of sp³-hybridized carbons (Fsp3) is 0.667. The van der Waals surface area contributed by atoms with Gasteiger partial charge in [-0.05, 0) is 11.3 Å². The summed E-state index contributed by atoms with van der Waals surface area (Å²) >= 11 is 0. The fourth-order valence-corrected chi connectivity index (χ4v) is 3.62. The Kier molecular flexibility index (Phi) is 2.07. The van der Waals surface area contributed by atoms with Crippen molar-refractivity contribution in [2.24, 2.45) is 34.1 Å². The molecule has 2 aliphatic carbocycles. The van der Waals surface area contributed by atoms with Crippen LogP contribution >= 0.6 is 0 Å². The lowest BCUT2D eigenvalue weighted by atomic mass is 9.64. The summed E-state index contributed by atoms with van der Waals surface area (Å²) in [5, 5.41) is 10.7. The minimum Gasteiger partial charge on any atom is -0.378 e. The van der Waals surface area contributed by atoms with Gasteiger partial charge in [0.05, 0.1) is 5.92 Å². The number of carbonyl (C=O) groups excluding carboxylic acids is 2. The quantitative estimate of drug-likeness (QED) is 0.566. The summed E-state index contributed by atoms with van der Waals surface area (Å²) in [6.07, 6.45) is 3.63. The number of hydrogen-bond acceptors (Lipinski definition) is 3. The van der Waals surface area contributed by atoms with Gasteiger partial charge in [0.1, 0.15) is 0 Å². The molecule has 0 radical (unpaired) electrons. The van der Waals surface area contributed by atoms with Crippen LogP contribution in [0.25, 0.3) is 0 Å². The molecule has 0 saturated heterocycles. The largest absolute Gasteiger partial charge is 0.378 e. The first-order chi connectivity index (χ1) is 7.60. The third-order valence-electron chi connectivity index (χ3n) is 5.09. The first-order valence-electron chi connectivity index (χ1n) is 5.61. The van der Waals surface area contributed by atoms with Gasteiger partial charge in [0, 0.05) is 5.41 Å². The van der Waals surface area contributed by atoms with E-state index in [1.165, 1.54) is 0 Å². The van der Waals surface area contributed by atoms with Crippen LogP contribution in [-0.4, -0.2) is 22.5 Å². The average molecular weight is 238 g/mol. The van der Waals surface area contributed by atoms with Crippen LogP contribution in [0, 0.1) is 22.7 Å². The van der Waals surface area contributed by atoms with Crippen molar-refractivity contribution >= 4 is 11.8 Å². The highest BCUT2D eigenvalue weighted by atomic mass is 16.3. The minimum atomic E-state index is -1.90. The lowest BCUT2D eigenvalue weighted by Crippen LogP contribution is -2.61. The summed E-state index contributed by atoms with van der Waals surface area (Å²) in [6.45, 7) is 5.57. The van der Waals surface area contributed by atoms with Crippen molar-refractivity contribution in [2.75, 3.05) is 0 Å². The first kappa shape index (κ1) is 12.1. The van der Waals surface area contributed by atoms with Gasteiger partial charge in [-0.15, -0.1) is 0 Å². The number of hydrogen-bond donors (Lipinski definition) is 3. The number of rotatable bonds is 2. The summed E-state index contributed by atoms with van der Waals surface area (Å²) in [7, 11) is 0. The van der Waals surface area contributed by atoms with Gasteiger partial charge in [-0.1, -0.05) is 32.9 Å². The second-order valence-electron chi connectivity index (χ2n) is 5.82. The Bertz CT molecular complexity index is 443. The molecule has 5 nitrogen and oxygen atoms in total. The topological polar surface area (TPSA) is 106 Å². The Morgan fingerprint density at radius 3 is 2.12 bits per heavy atom. The van der Waals surface area contributed by atoms with Gasteiger partial charge in [0.25, 0.3) is 5.91 Å². The molecule has 0 aromatic heterocycles. The molecule has 2 rings (SSSR count). The molecule has 17 heavy (non-hydrogen) atoms. The van der Waals surface area contributed by atoms with Crippen LogP contribution in [0.4, 0.5) is 0 Å². The Labute approximate surface area is 99.8 Å². The van der Waals surface area contributed by atoms with Crippen LogP contribution in [0.15, 0.2) is 12.2 Å². The zero-order chi connectivity index (χ0) is 13.2. The minimum absolute atomic E-state index is 0.262. The average Bonchev–Trinajstić information content (AvgIpc) is 2.48. The molecule has 1 unspecified atom stereocenters. The zero-order valence-electron chi connectivity index (χ0n) is 10.2. The monoisotopic (exact) mass is 238 g/mol. The van der Waals surface area contributed by atoms with Crippen molar-refractivity contribution in [3.05, 3.63) is 12.2 Å². The molecule has 2 bridgehead atoms. The molecule has 0 heterocycles. The molecular weight excluding hydrogens is 220 g/mol. The molecular formula is C12H18N2O3. The Hall–Kier alpha value is -1.36. The van der Waals surface area contributed by atoms with Gasteiger partial charge in [0.2, 0.25) is 5.91 Å². The van der Waals surface area contributed by atoms with E-state index in [4.69, 9.17) is 11.5 Å². The van der Waals surface area contributed by atoms with E-state index in [0.717, 1.165) is 0 Å². The summed E-state index contributed by atoms with van der Waals surface area (Å²) in [6, 6.07) is 0. The number of nitrogens with two attached hydrogens (primary N) is 2. The highest BCUT2D eigenvalue weighted by molar-refractivity contribution is 5.94. The van der Waals surface area contributed by atoms with E-state index in [-0.39, 0.29) is 5.92 Å². The van der Waals surface area contributed by atoms with Crippen LogP contribution in [0.2, 0.25) is 0 Å². The lowest BCUT2D eigenvalue weighted by molar-refractivity contribution is -0.159. The molecule has 2 aliphatic rings. The van der Waals surface area contributed by atoms with Gasteiger partial charge >= 0.3 is 0 Å². The summed E-state index contributed by atoms with van der Waals surface area (Å²) < 4.78 is 0. The fourth-order valence-electron chi connectivity index (χ4n) is 3.62. The molecule has 5 N–H and O–H groups in total. The van der Waals surface area contributed by atoms with Crippen LogP contribution in [0.3, 0.4) is 0 Å². The Balaban J connectivity index is 2.70. The van der Waals surface area contributed by atoms with Gasteiger partial charge in [-0.3, -0.25) is 9.59 Å². The van der Waals surface area contributed by atoms with E-state index in [0.29, 0.717) is 0 Å². The molecule has 1 fully saturated rings. The van der Waals surface area contributed by atoms with E-state index in [9.17, 15) is 14.7 Å². The molecule has 5 heteroatoms. The smallest absolute Gasteiger partial charge is 0.251 e. The zero-order valence-corrected chi connectivity index (χ0v) is 10.2. The van der Waals surface area contributed by atoms with Gasteiger partial charge < -0.3 is 16.6 Å². The number of amides is 2. The van der Waals surface area contributed by atoms with E-state index in [1.54, 1.807) is 13.0 Å². The summed E-state index contributed by atoms with van der Waals surface area (Å²) in [4.78, 5) is 23.2. The molecule has 2 amide bonds. The van der Waals surface area contributed by atoms with Crippen molar-refractivity contribution in [3.8, 4) is 0 Å². The lowest BCUT2D eigenvalue weighted by Gasteiger charge is -2.42. The number of carbonyl (C=O) groups is 2. The van der Waals surface area contributed by atoms with Crippen molar-refractivity contribution in [2.45, 2.75) is 26.4 Å².